The van der Waals surface area contributed by atoms with Crippen LogP contribution in [-0.2, 0) is 9.53 Å². The third-order valence-electron chi connectivity index (χ3n) is 2.68. The first kappa shape index (κ1) is 11.7. The zero-order chi connectivity index (χ0) is 11.5. The van der Waals surface area contributed by atoms with Crippen LogP contribution in [0, 0.1) is 5.92 Å². The molecule has 2 rings (SSSR count). The highest BCUT2D eigenvalue weighted by molar-refractivity contribution is 8.04. The van der Waals surface area contributed by atoms with Crippen molar-refractivity contribution in [3.8, 4) is 0 Å². The first-order chi connectivity index (χ1) is 7.65. The van der Waals surface area contributed by atoms with Gasteiger partial charge in [-0.05, 0) is 31.2 Å². The molecular weight excluding hydrogens is 222 g/mol. The topological polar surface area (TPSA) is 38.7 Å². The van der Waals surface area contributed by atoms with Crippen molar-refractivity contribution in [2.24, 2.45) is 10.9 Å². The lowest BCUT2D eigenvalue weighted by molar-refractivity contribution is -0.147. The van der Waals surface area contributed by atoms with E-state index in [-0.39, 0.29) is 12.1 Å². The van der Waals surface area contributed by atoms with Gasteiger partial charge in [0.25, 0.3) is 0 Å². The van der Waals surface area contributed by atoms with E-state index in [1.54, 1.807) is 0 Å². The molecule has 0 saturated carbocycles. The van der Waals surface area contributed by atoms with Gasteiger partial charge < -0.3 is 4.74 Å². The summed E-state index contributed by atoms with van der Waals surface area (Å²) in [5.74, 6) is 0.472. The number of esters is 1. The van der Waals surface area contributed by atoms with E-state index in [2.05, 4.69) is 11.1 Å². The molecule has 0 aliphatic carbocycles. The zero-order valence-corrected chi connectivity index (χ0v) is 10.5. The van der Waals surface area contributed by atoms with Gasteiger partial charge in [0.05, 0.1) is 12.5 Å². The predicted molar refractivity (Wildman–Crippen MR) is 66.8 cm³/mol. The number of fused-ring (bicyclic) bond motifs is 1. The molecule has 0 aromatic rings. The van der Waals surface area contributed by atoms with Crippen LogP contribution in [0.5, 0.6) is 0 Å². The van der Waals surface area contributed by atoms with E-state index in [4.69, 9.17) is 4.74 Å². The minimum atomic E-state index is -0.0762. The van der Waals surface area contributed by atoms with Crippen LogP contribution in [0.2, 0.25) is 0 Å². The zero-order valence-electron chi connectivity index (χ0n) is 9.68. The van der Waals surface area contributed by atoms with E-state index in [0.717, 1.165) is 13.0 Å². The Morgan fingerprint density at radius 2 is 2.50 bits per heavy atom. The molecule has 88 valence electrons. The molecule has 0 amide bonds. The van der Waals surface area contributed by atoms with Crippen molar-refractivity contribution < 1.29 is 9.53 Å². The number of allylic oxidation sites excluding steroid dienone is 1. The number of nitrogens with zero attached hydrogens (tertiary/aromatic N) is 1. The predicted octanol–water partition coefficient (Wildman–Crippen LogP) is 2.42. The highest BCUT2D eigenvalue weighted by Crippen LogP contribution is 2.44. The first-order valence-corrected chi connectivity index (χ1v) is 6.59. The Labute approximate surface area is 100 Å². The summed E-state index contributed by atoms with van der Waals surface area (Å²) in [4.78, 5) is 17.2. The fourth-order valence-electron chi connectivity index (χ4n) is 2.05. The molecule has 0 N–H and O–H groups in total. The first-order valence-electron chi connectivity index (χ1n) is 5.71. The van der Waals surface area contributed by atoms with E-state index < -0.39 is 0 Å². The van der Waals surface area contributed by atoms with Crippen LogP contribution in [-0.4, -0.2) is 30.1 Å². The Morgan fingerprint density at radius 3 is 3.19 bits per heavy atom. The van der Waals surface area contributed by atoms with Crippen molar-refractivity contribution in [1.82, 2.24) is 0 Å². The number of ether oxygens (including phenoxy) is 1. The number of carbonyl (C=O) groups is 1. The van der Waals surface area contributed by atoms with E-state index in [1.165, 1.54) is 4.91 Å². The maximum atomic E-state index is 11.5. The Bertz CT molecular complexity index is 336. The molecule has 0 aromatic carbocycles. The average Bonchev–Trinajstić information content (AvgIpc) is 2.57. The largest absolute Gasteiger partial charge is 0.463 e. The quantitative estimate of drug-likeness (QED) is 0.710. The van der Waals surface area contributed by atoms with Gasteiger partial charge >= 0.3 is 5.97 Å². The molecule has 0 aromatic heterocycles. The molecule has 16 heavy (non-hydrogen) atoms. The van der Waals surface area contributed by atoms with Crippen LogP contribution in [0.1, 0.15) is 26.7 Å². The van der Waals surface area contributed by atoms with Crippen LogP contribution in [0.25, 0.3) is 0 Å². The van der Waals surface area contributed by atoms with Crippen LogP contribution in [0.15, 0.2) is 16.0 Å². The van der Waals surface area contributed by atoms with Gasteiger partial charge in [-0.1, -0.05) is 0 Å². The Kier molecular flexibility index (Phi) is 3.69. The van der Waals surface area contributed by atoms with Crippen LogP contribution >= 0.6 is 11.8 Å². The molecule has 2 atom stereocenters. The SMILES string of the molecule is CC(C)OC(=O)CC1CC2CN=CC=C2S1. The number of thioether (sulfide) groups is 1. The lowest BCUT2D eigenvalue weighted by Crippen LogP contribution is -2.16. The lowest BCUT2D eigenvalue weighted by Gasteiger charge is -2.11. The van der Waals surface area contributed by atoms with Crippen molar-refractivity contribution in [2.75, 3.05) is 6.54 Å². The van der Waals surface area contributed by atoms with Crippen molar-refractivity contribution in [1.29, 1.82) is 0 Å². The van der Waals surface area contributed by atoms with Crippen LogP contribution < -0.4 is 0 Å². The summed E-state index contributed by atoms with van der Waals surface area (Å²) in [6.07, 6.45) is 5.52. The number of aliphatic imine (C=N–C) groups is 1. The van der Waals surface area contributed by atoms with Crippen molar-refractivity contribution in [2.45, 2.75) is 38.0 Å². The van der Waals surface area contributed by atoms with E-state index in [0.29, 0.717) is 17.6 Å². The van der Waals surface area contributed by atoms with Gasteiger partial charge in [0, 0.05) is 23.9 Å². The smallest absolute Gasteiger partial charge is 0.307 e. The third-order valence-corrected chi connectivity index (χ3v) is 4.12. The molecule has 3 nitrogen and oxygen atoms in total. The monoisotopic (exact) mass is 239 g/mol. The van der Waals surface area contributed by atoms with Crippen molar-refractivity contribution in [3.63, 3.8) is 0 Å². The van der Waals surface area contributed by atoms with Gasteiger partial charge in [0.1, 0.15) is 0 Å². The Hall–Kier alpha value is -0.770. The van der Waals surface area contributed by atoms with Gasteiger partial charge in [0.2, 0.25) is 0 Å². The number of hydrogen-bond donors (Lipinski definition) is 0. The number of rotatable bonds is 3. The van der Waals surface area contributed by atoms with Crippen molar-refractivity contribution in [3.05, 3.63) is 11.0 Å². The minimum absolute atomic E-state index is 0.0104. The summed E-state index contributed by atoms with van der Waals surface area (Å²) in [6, 6.07) is 0. The highest BCUT2D eigenvalue weighted by atomic mass is 32.2. The third kappa shape index (κ3) is 2.88. The lowest BCUT2D eigenvalue weighted by atomic mass is 10.0. The van der Waals surface area contributed by atoms with Gasteiger partial charge in [0.15, 0.2) is 0 Å². The molecule has 2 unspecified atom stereocenters. The standard InChI is InChI=1S/C12H17NO2S/c1-8(2)15-12(14)6-10-5-9-7-13-4-3-11(9)16-10/h3-4,8-10H,5-7H2,1-2H3. The summed E-state index contributed by atoms with van der Waals surface area (Å²) in [6.45, 7) is 4.65. The molecule has 0 radical (unpaired) electrons. The number of dihydropyridines is 1. The van der Waals surface area contributed by atoms with E-state index >= 15 is 0 Å². The molecular formula is C12H17NO2S. The molecule has 0 spiro atoms. The second-order valence-electron chi connectivity index (χ2n) is 4.50. The fourth-order valence-corrected chi connectivity index (χ4v) is 3.48. The molecule has 1 saturated heterocycles. The second kappa shape index (κ2) is 5.04. The molecule has 2 aliphatic heterocycles. The van der Waals surface area contributed by atoms with Crippen LogP contribution in [0.4, 0.5) is 0 Å². The van der Waals surface area contributed by atoms with Gasteiger partial charge in [-0.3, -0.25) is 9.79 Å². The summed E-state index contributed by atoms with van der Waals surface area (Å²) in [5.41, 5.74) is 0. The summed E-state index contributed by atoms with van der Waals surface area (Å²) < 4.78 is 5.16. The maximum absolute atomic E-state index is 11.5. The van der Waals surface area contributed by atoms with Crippen LogP contribution in [0.3, 0.4) is 0 Å². The van der Waals surface area contributed by atoms with E-state index in [9.17, 15) is 4.79 Å². The fraction of sp³-hybridized carbons (Fsp3) is 0.667. The number of carbonyl (C=O) groups excluding carboxylic acids is 1. The van der Waals surface area contributed by atoms with Gasteiger partial charge in [-0.25, -0.2) is 0 Å². The summed E-state index contributed by atoms with van der Waals surface area (Å²) >= 11 is 1.82. The molecule has 2 aliphatic rings. The molecule has 0 bridgehead atoms. The molecule has 2 heterocycles. The summed E-state index contributed by atoms with van der Waals surface area (Å²) in [5, 5.41) is 0.379. The average molecular weight is 239 g/mol. The maximum Gasteiger partial charge on any atom is 0.307 e. The highest BCUT2D eigenvalue weighted by Gasteiger charge is 2.32. The molecule has 1 fully saturated rings. The van der Waals surface area contributed by atoms with Crippen molar-refractivity contribution >= 4 is 23.9 Å². The molecule has 4 heteroatoms. The summed E-state index contributed by atoms with van der Waals surface area (Å²) in [7, 11) is 0. The minimum Gasteiger partial charge on any atom is -0.463 e. The van der Waals surface area contributed by atoms with E-state index in [1.807, 2.05) is 31.8 Å². The Balaban J connectivity index is 1.83. The second-order valence-corrected chi connectivity index (χ2v) is 5.87. The number of hydrogen-bond acceptors (Lipinski definition) is 4. The van der Waals surface area contributed by atoms with Gasteiger partial charge in [-0.2, -0.15) is 0 Å². The normalized spacial score (nSPS) is 27.8. The Morgan fingerprint density at radius 1 is 1.69 bits per heavy atom. The van der Waals surface area contributed by atoms with Gasteiger partial charge in [-0.15, -0.1) is 11.8 Å².